The lowest BCUT2D eigenvalue weighted by Crippen LogP contribution is -2.36. The first kappa shape index (κ1) is 20.5. The Hall–Kier alpha value is -3.39. The molecule has 0 N–H and O–H groups in total. The molecular formula is C24H24N4O3S. The number of hydrogen-bond acceptors (Lipinski definition) is 4. The first-order valence-corrected chi connectivity index (χ1v) is 12.1. The molecule has 0 saturated carbocycles. The van der Waals surface area contributed by atoms with Crippen LogP contribution in [0.25, 0.3) is 5.57 Å². The average Bonchev–Trinajstić information content (AvgIpc) is 3.48. The van der Waals surface area contributed by atoms with Crippen molar-refractivity contribution in [1.82, 2.24) is 14.5 Å². The van der Waals surface area contributed by atoms with Gasteiger partial charge >= 0.3 is 0 Å². The number of carbonyl (C=O) groups is 1. The van der Waals surface area contributed by atoms with Crippen LogP contribution in [0, 0.1) is 0 Å². The Morgan fingerprint density at radius 3 is 2.53 bits per heavy atom. The summed E-state index contributed by atoms with van der Waals surface area (Å²) in [5.41, 5.74) is 4.15. The Bertz CT molecular complexity index is 1280. The zero-order valence-electron chi connectivity index (χ0n) is 17.6. The van der Waals surface area contributed by atoms with Gasteiger partial charge in [-0.05, 0) is 35.6 Å². The highest BCUT2D eigenvalue weighted by atomic mass is 32.2. The van der Waals surface area contributed by atoms with Crippen molar-refractivity contribution in [1.29, 1.82) is 0 Å². The molecule has 0 bridgehead atoms. The number of para-hydroxylation sites is 1. The molecule has 2 aliphatic rings. The molecule has 1 aromatic heterocycles. The van der Waals surface area contributed by atoms with Gasteiger partial charge in [0.1, 0.15) is 6.54 Å². The van der Waals surface area contributed by atoms with Crippen molar-refractivity contribution < 1.29 is 13.2 Å². The predicted octanol–water partition coefficient (Wildman–Crippen LogP) is 2.95. The van der Waals surface area contributed by atoms with Crippen LogP contribution in [0.3, 0.4) is 0 Å². The maximum atomic E-state index is 13.1. The van der Waals surface area contributed by atoms with Crippen molar-refractivity contribution in [3.8, 4) is 0 Å². The molecule has 2 aliphatic heterocycles. The van der Waals surface area contributed by atoms with Crippen LogP contribution in [0.2, 0.25) is 0 Å². The molecule has 0 unspecified atom stereocenters. The highest BCUT2D eigenvalue weighted by Crippen LogP contribution is 2.32. The lowest BCUT2D eigenvalue weighted by Gasteiger charge is -2.26. The second kappa shape index (κ2) is 8.27. The third kappa shape index (κ3) is 3.82. The summed E-state index contributed by atoms with van der Waals surface area (Å²) in [5, 5.41) is -0.0353. The van der Waals surface area contributed by atoms with Gasteiger partial charge in [-0.2, -0.15) is 8.42 Å². The van der Waals surface area contributed by atoms with Gasteiger partial charge in [0.15, 0.2) is 5.03 Å². The molecule has 1 amide bonds. The Morgan fingerprint density at radius 1 is 0.969 bits per heavy atom. The molecule has 2 aromatic carbocycles. The number of amides is 1. The number of carbonyl (C=O) groups excluding carboxylic acids is 1. The largest absolute Gasteiger partial charge is 0.337 e. The third-order valence-corrected chi connectivity index (χ3v) is 7.73. The van der Waals surface area contributed by atoms with E-state index in [0.29, 0.717) is 31.7 Å². The van der Waals surface area contributed by atoms with Crippen LogP contribution >= 0.6 is 0 Å². The minimum Gasteiger partial charge on any atom is -0.337 e. The van der Waals surface area contributed by atoms with Gasteiger partial charge < -0.3 is 9.47 Å². The highest BCUT2D eigenvalue weighted by Gasteiger charge is 2.32. The number of sulfonamides is 1. The molecule has 8 heteroatoms. The number of aromatic nitrogens is 2. The predicted molar refractivity (Wildman–Crippen MR) is 123 cm³/mol. The monoisotopic (exact) mass is 448 g/mol. The fourth-order valence-corrected chi connectivity index (χ4v) is 5.74. The summed E-state index contributed by atoms with van der Waals surface area (Å²) in [6.45, 7) is 1.66. The minimum atomic E-state index is -3.76. The van der Waals surface area contributed by atoms with Crippen LogP contribution in [0.4, 0.5) is 5.69 Å². The number of nitrogens with zero attached hydrogens (tertiary/aromatic N) is 4. The standard InChI is InChI=1S/C24H24N4O3S/c29-24(27-13-10-20(11-14-27)19-6-2-1-3-7-19)17-26-16-23(25-18-26)32(30,31)28-15-12-21-8-4-5-9-22(21)28/h1-10,16,18H,11-15,17H2. The summed E-state index contributed by atoms with van der Waals surface area (Å²) in [4.78, 5) is 18.7. The second-order valence-electron chi connectivity index (χ2n) is 8.03. The summed E-state index contributed by atoms with van der Waals surface area (Å²) in [6, 6.07) is 17.7. The molecular weight excluding hydrogens is 424 g/mol. The van der Waals surface area contributed by atoms with Crippen molar-refractivity contribution in [2.45, 2.75) is 24.4 Å². The summed E-state index contributed by atoms with van der Waals surface area (Å²) in [5.74, 6) is -0.0544. The molecule has 0 spiro atoms. The summed E-state index contributed by atoms with van der Waals surface area (Å²) in [6.07, 6.45) is 6.44. The van der Waals surface area contributed by atoms with E-state index in [-0.39, 0.29) is 17.5 Å². The molecule has 0 saturated heterocycles. The van der Waals surface area contributed by atoms with E-state index in [1.54, 1.807) is 9.47 Å². The van der Waals surface area contributed by atoms with E-state index < -0.39 is 10.0 Å². The van der Waals surface area contributed by atoms with Crippen molar-refractivity contribution in [3.63, 3.8) is 0 Å². The van der Waals surface area contributed by atoms with Gasteiger partial charge in [-0.3, -0.25) is 9.10 Å². The van der Waals surface area contributed by atoms with E-state index in [1.807, 2.05) is 42.5 Å². The van der Waals surface area contributed by atoms with Gasteiger partial charge in [0, 0.05) is 25.8 Å². The Balaban J connectivity index is 1.26. The van der Waals surface area contributed by atoms with Gasteiger partial charge in [0.05, 0.1) is 12.0 Å². The van der Waals surface area contributed by atoms with Crippen molar-refractivity contribution >= 4 is 27.2 Å². The summed E-state index contributed by atoms with van der Waals surface area (Å²) < 4.78 is 29.2. The first-order chi connectivity index (χ1) is 15.5. The summed E-state index contributed by atoms with van der Waals surface area (Å²) in [7, 11) is -3.76. The first-order valence-electron chi connectivity index (χ1n) is 10.7. The van der Waals surface area contributed by atoms with Crippen LogP contribution < -0.4 is 4.31 Å². The Labute approximate surface area is 187 Å². The van der Waals surface area contributed by atoms with Crippen LogP contribution in [0.15, 0.2) is 78.2 Å². The molecule has 0 aliphatic carbocycles. The average molecular weight is 449 g/mol. The van der Waals surface area contributed by atoms with Crippen molar-refractivity contribution in [2.24, 2.45) is 0 Å². The van der Waals surface area contributed by atoms with Gasteiger partial charge in [0.2, 0.25) is 5.91 Å². The van der Waals surface area contributed by atoms with Gasteiger partial charge in [-0.15, -0.1) is 0 Å². The quantitative estimate of drug-likeness (QED) is 0.601. The molecule has 3 aromatic rings. The van der Waals surface area contributed by atoms with E-state index in [4.69, 9.17) is 0 Å². The van der Waals surface area contributed by atoms with Crippen LogP contribution in [0.5, 0.6) is 0 Å². The second-order valence-corrected chi connectivity index (χ2v) is 9.83. The zero-order chi connectivity index (χ0) is 22.1. The molecule has 3 heterocycles. The van der Waals surface area contributed by atoms with Gasteiger partial charge in [0.25, 0.3) is 10.0 Å². The minimum absolute atomic E-state index is 0.0353. The number of imidazole rings is 1. The van der Waals surface area contributed by atoms with E-state index in [2.05, 4.69) is 23.2 Å². The Morgan fingerprint density at radius 2 is 1.75 bits per heavy atom. The van der Waals surface area contributed by atoms with Gasteiger partial charge in [-0.25, -0.2) is 4.98 Å². The van der Waals surface area contributed by atoms with Crippen molar-refractivity contribution in [3.05, 3.63) is 84.3 Å². The van der Waals surface area contributed by atoms with Crippen LogP contribution in [-0.4, -0.2) is 48.4 Å². The topological polar surface area (TPSA) is 75.5 Å². The number of anilines is 1. The van der Waals surface area contributed by atoms with Crippen LogP contribution in [0.1, 0.15) is 17.5 Å². The lowest BCUT2D eigenvalue weighted by atomic mass is 9.99. The molecule has 164 valence electrons. The maximum absolute atomic E-state index is 13.1. The number of fused-ring (bicyclic) bond motifs is 1. The lowest BCUT2D eigenvalue weighted by molar-refractivity contribution is -0.131. The highest BCUT2D eigenvalue weighted by molar-refractivity contribution is 7.92. The number of rotatable bonds is 5. The van der Waals surface area contributed by atoms with E-state index in [0.717, 1.165) is 12.0 Å². The number of hydrogen-bond donors (Lipinski definition) is 0. The smallest absolute Gasteiger partial charge is 0.283 e. The van der Waals surface area contributed by atoms with E-state index >= 15 is 0 Å². The molecule has 5 rings (SSSR count). The maximum Gasteiger partial charge on any atom is 0.283 e. The van der Waals surface area contributed by atoms with E-state index in [9.17, 15) is 13.2 Å². The summed E-state index contributed by atoms with van der Waals surface area (Å²) >= 11 is 0. The van der Waals surface area contributed by atoms with E-state index in [1.165, 1.54) is 28.0 Å². The van der Waals surface area contributed by atoms with Crippen LogP contribution in [-0.2, 0) is 27.8 Å². The zero-order valence-corrected chi connectivity index (χ0v) is 18.4. The third-order valence-electron chi connectivity index (χ3n) is 6.03. The number of benzene rings is 2. The molecule has 7 nitrogen and oxygen atoms in total. The van der Waals surface area contributed by atoms with Gasteiger partial charge in [-0.1, -0.05) is 54.6 Å². The molecule has 0 atom stereocenters. The van der Waals surface area contributed by atoms with Crippen molar-refractivity contribution in [2.75, 3.05) is 23.9 Å². The molecule has 0 radical (unpaired) electrons. The molecule has 0 fully saturated rings. The fraction of sp³-hybridized carbons (Fsp3) is 0.250. The Kier molecular flexibility index (Phi) is 5.30. The molecule has 32 heavy (non-hydrogen) atoms. The normalized spacial score (nSPS) is 16.1. The SMILES string of the molecule is O=C(Cn1cnc(S(=O)(=O)N2CCc3ccccc32)c1)N1CC=C(c2ccccc2)CC1. The fourth-order valence-electron chi connectivity index (χ4n) is 4.30.